The monoisotopic (exact) mass is 387 g/mol. The van der Waals surface area contributed by atoms with Crippen LogP contribution in [0.1, 0.15) is 41.1 Å². The highest BCUT2D eigenvalue weighted by molar-refractivity contribution is 5.98. The van der Waals surface area contributed by atoms with Gasteiger partial charge in [-0.1, -0.05) is 6.07 Å². The van der Waals surface area contributed by atoms with Crippen molar-refractivity contribution in [2.45, 2.75) is 25.8 Å². The lowest BCUT2D eigenvalue weighted by Gasteiger charge is -2.28. The molecule has 9 nitrogen and oxygen atoms in total. The molecule has 1 fully saturated rings. The lowest BCUT2D eigenvalue weighted by molar-refractivity contribution is 0.837. The number of hydrogen-bond acceptors (Lipinski definition) is 9. The van der Waals surface area contributed by atoms with Gasteiger partial charge in [-0.05, 0) is 43.0 Å². The smallest absolute Gasteiger partial charge is 0.211 e. The second-order valence-corrected chi connectivity index (χ2v) is 7.14. The molecule has 9 heteroatoms. The van der Waals surface area contributed by atoms with E-state index in [4.69, 9.17) is 16.7 Å². The lowest BCUT2D eigenvalue weighted by Crippen LogP contribution is -2.33. The van der Waals surface area contributed by atoms with E-state index in [9.17, 15) is 5.26 Å². The summed E-state index contributed by atoms with van der Waals surface area (Å²) in [4.78, 5) is 11.3. The number of aromatic nitrogens is 1. The largest absolute Gasteiger partial charge is 0.397 e. The number of rotatable bonds is 2. The molecule has 1 aromatic heterocycles. The number of hydrogen-bond donors (Lipinski definition) is 4. The summed E-state index contributed by atoms with van der Waals surface area (Å²) in [6, 6.07) is 7.74. The van der Waals surface area contributed by atoms with Crippen LogP contribution in [0.15, 0.2) is 23.2 Å². The Kier molecular flexibility index (Phi) is 4.57. The van der Waals surface area contributed by atoms with Crippen LogP contribution in [-0.4, -0.2) is 24.0 Å². The van der Waals surface area contributed by atoms with E-state index in [1.165, 1.54) is 18.5 Å². The molecule has 0 saturated carbocycles. The number of guanidine groups is 1. The van der Waals surface area contributed by atoms with Gasteiger partial charge in [-0.2, -0.15) is 10.5 Å². The van der Waals surface area contributed by atoms with Crippen LogP contribution in [-0.2, 0) is 0 Å². The van der Waals surface area contributed by atoms with Crippen LogP contribution in [0.4, 0.5) is 23.0 Å². The summed E-state index contributed by atoms with van der Waals surface area (Å²) >= 11 is 0. The molecule has 2 aliphatic rings. The number of nitrogens with one attached hydrogen (secondary N) is 2. The number of nitrogens with zero attached hydrogens (tertiary/aromatic N) is 5. The average Bonchev–Trinajstić information content (AvgIpc) is 3.22. The molecule has 0 aliphatic carbocycles. The van der Waals surface area contributed by atoms with Crippen molar-refractivity contribution in [3.63, 3.8) is 0 Å². The van der Waals surface area contributed by atoms with Crippen molar-refractivity contribution in [1.29, 1.82) is 10.5 Å². The molecule has 4 rings (SSSR count). The molecule has 146 valence electrons. The Morgan fingerprint density at radius 1 is 1.24 bits per heavy atom. The quantitative estimate of drug-likeness (QED) is 0.451. The molecular weight excluding hydrogens is 366 g/mol. The van der Waals surface area contributed by atoms with Gasteiger partial charge in [0.2, 0.25) is 5.96 Å². The molecule has 0 amide bonds. The Hall–Kier alpha value is -3.98. The highest BCUT2D eigenvalue weighted by atomic mass is 15.2. The molecule has 1 aromatic carbocycles. The van der Waals surface area contributed by atoms with Gasteiger partial charge in [-0.15, -0.1) is 0 Å². The molecule has 3 heterocycles. The van der Waals surface area contributed by atoms with Gasteiger partial charge in [0.1, 0.15) is 29.3 Å². The van der Waals surface area contributed by atoms with E-state index in [1.54, 1.807) is 0 Å². The van der Waals surface area contributed by atoms with E-state index < -0.39 is 6.04 Å². The zero-order chi connectivity index (χ0) is 20.5. The molecule has 1 atom stereocenters. The molecule has 1 unspecified atom stereocenters. The number of nitrogens with two attached hydrogens (primary N) is 2. The first-order valence-corrected chi connectivity index (χ1v) is 9.38. The Labute approximate surface area is 168 Å². The third kappa shape index (κ3) is 3.13. The topological polar surface area (TPSA) is 152 Å². The van der Waals surface area contributed by atoms with Gasteiger partial charge in [0, 0.05) is 24.3 Å². The van der Waals surface area contributed by atoms with Gasteiger partial charge in [0.25, 0.3) is 0 Å². The maximum atomic E-state index is 9.44. The normalized spacial score (nSPS) is 17.6. The molecular formula is C20H21N9. The summed E-state index contributed by atoms with van der Waals surface area (Å²) in [5, 5.41) is 23.9. The van der Waals surface area contributed by atoms with Crippen molar-refractivity contribution in [3.05, 3.63) is 40.5 Å². The van der Waals surface area contributed by atoms with Crippen molar-refractivity contribution < 1.29 is 0 Å². The van der Waals surface area contributed by atoms with E-state index in [1.807, 2.05) is 25.3 Å². The second kappa shape index (κ2) is 7.21. The fourth-order valence-corrected chi connectivity index (χ4v) is 3.94. The third-order valence-corrected chi connectivity index (χ3v) is 5.38. The minimum atomic E-state index is -0.519. The number of fused-ring (bicyclic) bond motifs is 1. The van der Waals surface area contributed by atoms with Crippen molar-refractivity contribution >= 4 is 29.0 Å². The number of benzene rings is 1. The Bertz CT molecular complexity index is 1080. The minimum Gasteiger partial charge on any atom is -0.397 e. The summed E-state index contributed by atoms with van der Waals surface area (Å²) < 4.78 is 0. The Morgan fingerprint density at radius 2 is 2.00 bits per heavy atom. The Morgan fingerprint density at radius 3 is 2.66 bits per heavy atom. The number of aliphatic imine (C=N–C) groups is 1. The van der Waals surface area contributed by atoms with Crippen LogP contribution in [0, 0.1) is 29.7 Å². The van der Waals surface area contributed by atoms with Gasteiger partial charge in [0.15, 0.2) is 6.19 Å². The fraction of sp³-hybridized carbons (Fsp3) is 0.300. The molecule has 1 saturated heterocycles. The highest BCUT2D eigenvalue weighted by Gasteiger charge is 2.30. The number of nitrogen functional groups attached to an aromatic ring is 2. The number of aryl methyl sites for hydroxylation is 1. The van der Waals surface area contributed by atoms with Crippen LogP contribution in [0.25, 0.3) is 0 Å². The molecule has 0 spiro atoms. The summed E-state index contributed by atoms with van der Waals surface area (Å²) in [7, 11) is 0. The zero-order valence-electron chi connectivity index (χ0n) is 16.0. The van der Waals surface area contributed by atoms with Gasteiger partial charge in [-0.3, -0.25) is 5.32 Å². The lowest BCUT2D eigenvalue weighted by atomic mass is 9.92. The summed E-state index contributed by atoms with van der Waals surface area (Å²) in [6.07, 6.45) is 4.27. The first-order valence-electron chi connectivity index (χ1n) is 9.38. The van der Waals surface area contributed by atoms with Crippen molar-refractivity contribution in [1.82, 2.24) is 10.3 Å². The maximum absolute atomic E-state index is 9.44. The third-order valence-electron chi connectivity index (χ3n) is 5.38. The van der Waals surface area contributed by atoms with E-state index >= 15 is 0 Å². The van der Waals surface area contributed by atoms with Gasteiger partial charge < -0.3 is 21.7 Å². The molecule has 2 aliphatic heterocycles. The number of anilines is 4. The summed E-state index contributed by atoms with van der Waals surface area (Å²) in [5.74, 6) is 0.679. The van der Waals surface area contributed by atoms with E-state index in [-0.39, 0.29) is 23.0 Å². The van der Waals surface area contributed by atoms with Gasteiger partial charge in [0.05, 0.1) is 5.69 Å². The first-order chi connectivity index (χ1) is 14.0. The Balaban J connectivity index is 1.84. The molecule has 0 radical (unpaired) electrons. The summed E-state index contributed by atoms with van der Waals surface area (Å²) in [5.41, 5.74) is 16.3. The SMILES string of the molecule is Cc1cc(N2CCCC2)ccc1C1N=C(NC#N)Nc2nc(N)c(C#N)c(N)c21. The second-order valence-electron chi connectivity index (χ2n) is 7.14. The van der Waals surface area contributed by atoms with Crippen LogP contribution in [0.5, 0.6) is 0 Å². The van der Waals surface area contributed by atoms with Crippen molar-refractivity contribution in [2.75, 3.05) is 34.8 Å². The van der Waals surface area contributed by atoms with Gasteiger partial charge in [-0.25, -0.2) is 9.98 Å². The first kappa shape index (κ1) is 18.4. The molecule has 0 bridgehead atoms. The average molecular weight is 387 g/mol. The fourth-order valence-electron chi connectivity index (χ4n) is 3.94. The van der Waals surface area contributed by atoms with Crippen molar-refractivity contribution in [3.8, 4) is 12.3 Å². The highest BCUT2D eigenvalue weighted by Crippen LogP contribution is 2.42. The van der Waals surface area contributed by atoms with E-state index in [2.05, 4.69) is 37.6 Å². The standard InChI is InChI=1S/C20H21N9/c1-11-8-12(29-6-2-3-7-29)4-5-13(11)17-15-16(23)14(9-21)18(24)27-19(15)28-20(26-17)25-10-22/h4-5,8,17H,2-3,6-7H2,1H3,(H6,23,24,25,26,27,28). The molecule has 29 heavy (non-hydrogen) atoms. The summed E-state index contributed by atoms with van der Waals surface area (Å²) in [6.45, 7) is 4.14. The van der Waals surface area contributed by atoms with Crippen LogP contribution in [0.2, 0.25) is 0 Å². The van der Waals surface area contributed by atoms with E-state index in [0.29, 0.717) is 11.4 Å². The minimum absolute atomic E-state index is 0.0364. The van der Waals surface area contributed by atoms with E-state index in [0.717, 1.165) is 24.2 Å². The van der Waals surface area contributed by atoms with Crippen LogP contribution >= 0.6 is 0 Å². The predicted molar refractivity (Wildman–Crippen MR) is 112 cm³/mol. The van der Waals surface area contributed by atoms with Gasteiger partial charge >= 0.3 is 0 Å². The van der Waals surface area contributed by atoms with Crippen LogP contribution in [0.3, 0.4) is 0 Å². The molecule has 6 N–H and O–H groups in total. The number of pyridine rings is 1. The number of nitriles is 2. The maximum Gasteiger partial charge on any atom is 0.211 e. The zero-order valence-corrected chi connectivity index (χ0v) is 16.0. The molecule has 2 aromatic rings. The predicted octanol–water partition coefficient (Wildman–Crippen LogP) is 1.97. The van der Waals surface area contributed by atoms with Crippen LogP contribution < -0.4 is 27.0 Å². The van der Waals surface area contributed by atoms with Crippen molar-refractivity contribution in [2.24, 2.45) is 4.99 Å².